The molecule has 0 bridgehead atoms. The van der Waals surface area contributed by atoms with E-state index in [0.717, 1.165) is 10.2 Å². The second-order valence-corrected chi connectivity index (χ2v) is 7.71. The quantitative estimate of drug-likeness (QED) is 0.907. The summed E-state index contributed by atoms with van der Waals surface area (Å²) in [5.74, 6) is 0. The summed E-state index contributed by atoms with van der Waals surface area (Å²) >= 11 is 1.24. The number of benzene rings is 1. The van der Waals surface area contributed by atoms with E-state index >= 15 is 0 Å². The van der Waals surface area contributed by atoms with Crippen LogP contribution in [0.2, 0.25) is 0 Å². The largest absolute Gasteiger partial charge is 0.314 e. The highest BCUT2D eigenvalue weighted by Gasteiger charge is 2.33. The Kier molecular flexibility index (Phi) is 3.30. The number of para-hydroxylation sites is 1. The van der Waals surface area contributed by atoms with Crippen LogP contribution in [0.15, 0.2) is 28.6 Å². The maximum Gasteiger partial charge on any atom is 0.270 e. The SMILES string of the molecule is C[C@@H]1CNCCN1S(=O)(=O)c1nc2ccccc2s1. The van der Waals surface area contributed by atoms with Crippen molar-refractivity contribution >= 4 is 31.6 Å². The molecule has 0 aliphatic carbocycles. The normalized spacial score (nSPS) is 21.8. The number of hydrogen-bond acceptors (Lipinski definition) is 5. The van der Waals surface area contributed by atoms with E-state index in [4.69, 9.17) is 0 Å². The van der Waals surface area contributed by atoms with Gasteiger partial charge in [0, 0.05) is 25.7 Å². The third-order valence-electron chi connectivity index (χ3n) is 3.24. The minimum Gasteiger partial charge on any atom is -0.314 e. The van der Waals surface area contributed by atoms with Crippen molar-refractivity contribution < 1.29 is 8.42 Å². The first kappa shape index (κ1) is 13.0. The average molecular weight is 297 g/mol. The summed E-state index contributed by atoms with van der Waals surface area (Å²) in [5, 5.41) is 3.19. The van der Waals surface area contributed by atoms with Crippen LogP contribution in [0.5, 0.6) is 0 Å². The van der Waals surface area contributed by atoms with Crippen LogP contribution in [0.3, 0.4) is 0 Å². The molecule has 3 rings (SSSR count). The second kappa shape index (κ2) is 4.82. The van der Waals surface area contributed by atoms with Gasteiger partial charge in [0.05, 0.1) is 10.2 Å². The van der Waals surface area contributed by atoms with Crippen molar-refractivity contribution in [1.82, 2.24) is 14.6 Å². The molecule has 1 atom stereocenters. The maximum absolute atomic E-state index is 12.6. The van der Waals surface area contributed by atoms with E-state index in [2.05, 4.69) is 10.3 Å². The minimum absolute atomic E-state index is 0.0363. The molecule has 0 saturated carbocycles. The van der Waals surface area contributed by atoms with Crippen molar-refractivity contribution in [1.29, 1.82) is 0 Å². The summed E-state index contributed by atoms with van der Waals surface area (Å²) in [6.45, 7) is 3.79. The minimum atomic E-state index is -3.47. The zero-order chi connectivity index (χ0) is 13.5. The Morgan fingerprint density at radius 2 is 2.21 bits per heavy atom. The molecule has 19 heavy (non-hydrogen) atoms. The fourth-order valence-corrected chi connectivity index (χ4v) is 5.21. The predicted octanol–water partition coefficient (Wildman–Crippen LogP) is 1.28. The molecule has 2 heterocycles. The second-order valence-electron chi connectivity index (χ2n) is 4.62. The molecule has 102 valence electrons. The van der Waals surface area contributed by atoms with Gasteiger partial charge in [-0.3, -0.25) is 0 Å². The van der Waals surface area contributed by atoms with Crippen molar-refractivity contribution in [2.24, 2.45) is 0 Å². The summed E-state index contributed by atoms with van der Waals surface area (Å²) in [4.78, 5) is 4.26. The molecular formula is C12H15N3O2S2. The van der Waals surface area contributed by atoms with Gasteiger partial charge in [-0.1, -0.05) is 12.1 Å². The van der Waals surface area contributed by atoms with E-state index in [9.17, 15) is 8.42 Å². The van der Waals surface area contributed by atoms with E-state index in [1.807, 2.05) is 31.2 Å². The first-order valence-electron chi connectivity index (χ1n) is 6.17. The topological polar surface area (TPSA) is 62.3 Å². The number of thiazole rings is 1. The molecule has 1 saturated heterocycles. The third-order valence-corrected chi connectivity index (χ3v) is 6.65. The van der Waals surface area contributed by atoms with Crippen LogP contribution in [0.25, 0.3) is 10.2 Å². The molecule has 0 amide bonds. The Hall–Kier alpha value is -1.02. The van der Waals surface area contributed by atoms with Crippen LogP contribution in [-0.2, 0) is 10.0 Å². The Morgan fingerprint density at radius 1 is 1.42 bits per heavy atom. The molecule has 2 aromatic rings. The molecule has 0 radical (unpaired) electrons. The highest BCUT2D eigenvalue weighted by molar-refractivity contribution is 7.91. The average Bonchev–Trinajstić information content (AvgIpc) is 2.83. The maximum atomic E-state index is 12.6. The lowest BCUT2D eigenvalue weighted by atomic mass is 10.3. The van der Waals surface area contributed by atoms with Crippen LogP contribution in [-0.4, -0.2) is 43.4 Å². The molecule has 1 aromatic carbocycles. The number of piperazine rings is 1. The molecule has 0 unspecified atom stereocenters. The molecular weight excluding hydrogens is 282 g/mol. The number of aromatic nitrogens is 1. The van der Waals surface area contributed by atoms with Gasteiger partial charge in [0.1, 0.15) is 0 Å². The number of nitrogens with zero attached hydrogens (tertiary/aromatic N) is 2. The Bertz CT molecular complexity index is 663. The zero-order valence-corrected chi connectivity index (χ0v) is 12.2. The summed E-state index contributed by atoms with van der Waals surface area (Å²) < 4.78 is 27.9. The van der Waals surface area contributed by atoms with E-state index in [-0.39, 0.29) is 10.4 Å². The van der Waals surface area contributed by atoms with E-state index in [0.29, 0.717) is 19.6 Å². The third kappa shape index (κ3) is 2.27. The van der Waals surface area contributed by atoms with Crippen molar-refractivity contribution in [2.45, 2.75) is 17.3 Å². The number of sulfonamides is 1. The van der Waals surface area contributed by atoms with Gasteiger partial charge in [-0.25, -0.2) is 13.4 Å². The fourth-order valence-electron chi connectivity index (χ4n) is 2.24. The van der Waals surface area contributed by atoms with Gasteiger partial charge in [0.15, 0.2) is 0 Å². The first-order valence-corrected chi connectivity index (χ1v) is 8.43. The molecule has 1 fully saturated rings. The van der Waals surface area contributed by atoms with Gasteiger partial charge in [-0.15, -0.1) is 11.3 Å². The summed E-state index contributed by atoms with van der Waals surface area (Å²) in [7, 11) is -3.47. The number of hydrogen-bond donors (Lipinski definition) is 1. The van der Waals surface area contributed by atoms with Gasteiger partial charge >= 0.3 is 0 Å². The van der Waals surface area contributed by atoms with Crippen molar-refractivity contribution in [3.63, 3.8) is 0 Å². The van der Waals surface area contributed by atoms with Crippen LogP contribution >= 0.6 is 11.3 Å². The lowest BCUT2D eigenvalue weighted by Gasteiger charge is -2.31. The van der Waals surface area contributed by atoms with Gasteiger partial charge in [-0.05, 0) is 19.1 Å². The van der Waals surface area contributed by atoms with E-state index < -0.39 is 10.0 Å². The Labute approximate surface area is 116 Å². The first-order chi connectivity index (χ1) is 9.09. The monoisotopic (exact) mass is 297 g/mol. The van der Waals surface area contributed by atoms with Crippen molar-refractivity contribution in [2.75, 3.05) is 19.6 Å². The van der Waals surface area contributed by atoms with E-state index in [1.54, 1.807) is 4.31 Å². The summed E-state index contributed by atoms with van der Waals surface area (Å²) in [5.41, 5.74) is 0.744. The molecule has 5 nitrogen and oxygen atoms in total. The summed E-state index contributed by atoms with van der Waals surface area (Å²) in [6, 6.07) is 7.46. The van der Waals surface area contributed by atoms with Gasteiger partial charge < -0.3 is 5.32 Å². The zero-order valence-electron chi connectivity index (χ0n) is 10.5. The van der Waals surface area contributed by atoms with Crippen molar-refractivity contribution in [3.8, 4) is 0 Å². The predicted molar refractivity (Wildman–Crippen MR) is 75.8 cm³/mol. The Balaban J connectivity index is 2.03. The molecule has 1 aliphatic rings. The van der Waals surface area contributed by atoms with Crippen LogP contribution in [0.4, 0.5) is 0 Å². The Morgan fingerprint density at radius 3 is 2.95 bits per heavy atom. The number of rotatable bonds is 2. The molecule has 1 N–H and O–H groups in total. The fraction of sp³-hybridized carbons (Fsp3) is 0.417. The smallest absolute Gasteiger partial charge is 0.270 e. The van der Waals surface area contributed by atoms with Gasteiger partial charge in [-0.2, -0.15) is 4.31 Å². The lowest BCUT2D eigenvalue weighted by molar-refractivity contribution is 0.284. The van der Waals surface area contributed by atoms with Crippen LogP contribution < -0.4 is 5.32 Å². The van der Waals surface area contributed by atoms with Crippen LogP contribution in [0, 0.1) is 0 Å². The highest BCUT2D eigenvalue weighted by atomic mass is 32.2. The number of nitrogens with one attached hydrogen (secondary N) is 1. The molecule has 0 spiro atoms. The van der Waals surface area contributed by atoms with Crippen molar-refractivity contribution in [3.05, 3.63) is 24.3 Å². The summed E-state index contributed by atoms with van der Waals surface area (Å²) in [6.07, 6.45) is 0. The lowest BCUT2D eigenvalue weighted by Crippen LogP contribution is -2.52. The number of fused-ring (bicyclic) bond motifs is 1. The molecule has 1 aromatic heterocycles. The van der Waals surface area contributed by atoms with Gasteiger partial charge in [0.25, 0.3) is 10.0 Å². The highest BCUT2D eigenvalue weighted by Crippen LogP contribution is 2.28. The van der Waals surface area contributed by atoms with Crippen LogP contribution in [0.1, 0.15) is 6.92 Å². The molecule has 7 heteroatoms. The molecule has 1 aliphatic heterocycles. The van der Waals surface area contributed by atoms with Gasteiger partial charge in [0.2, 0.25) is 4.34 Å². The standard InChI is InChI=1S/C12H15N3O2S2/c1-9-8-13-6-7-15(9)19(16,17)12-14-10-4-2-3-5-11(10)18-12/h2-5,9,13H,6-8H2,1H3/t9-/m1/s1. The van der Waals surface area contributed by atoms with E-state index in [1.165, 1.54) is 11.3 Å².